The first-order chi connectivity index (χ1) is 17.3. The average molecular weight is 501 g/mol. The number of carbonyl (C=O) groups excluding carboxylic acids is 3. The fraction of sp³-hybridized carbons (Fsp3) is 0.207. The number of ether oxygens (including phenoxy) is 1. The van der Waals surface area contributed by atoms with Crippen molar-refractivity contribution >= 4 is 40.9 Å². The summed E-state index contributed by atoms with van der Waals surface area (Å²) >= 11 is 1.22. The van der Waals surface area contributed by atoms with Crippen molar-refractivity contribution in [2.45, 2.75) is 39.0 Å². The Balaban J connectivity index is 1.78. The monoisotopic (exact) mass is 500 g/mol. The zero-order valence-electron chi connectivity index (χ0n) is 20.8. The quantitative estimate of drug-likeness (QED) is 0.295. The van der Waals surface area contributed by atoms with Gasteiger partial charge >= 0.3 is 5.97 Å². The van der Waals surface area contributed by atoms with Crippen molar-refractivity contribution in [2.75, 3.05) is 16.8 Å². The molecule has 0 radical (unpaired) electrons. The number of benzene rings is 3. The third-order valence-corrected chi connectivity index (χ3v) is 7.04. The number of aryl methyl sites for hydroxylation is 2. The van der Waals surface area contributed by atoms with Gasteiger partial charge in [-0.25, -0.2) is 9.69 Å². The van der Waals surface area contributed by atoms with E-state index in [1.807, 2.05) is 70.2 Å². The Morgan fingerprint density at radius 3 is 2.36 bits per heavy atom. The number of hydrogen-bond donors (Lipinski definition) is 1. The molecule has 36 heavy (non-hydrogen) atoms. The number of nitrogens with one attached hydrogen (secondary N) is 1. The Labute approximate surface area is 215 Å². The molecule has 1 heterocycles. The van der Waals surface area contributed by atoms with Gasteiger partial charge in [0.15, 0.2) is 0 Å². The molecule has 3 aromatic carbocycles. The highest BCUT2D eigenvalue weighted by Crippen LogP contribution is 2.39. The number of carbonyl (C=O) groups is 3. The van der Waals surface area contributed by atoms with Gasteiger partial charge in [0.05, 0.1) is 17.9 Å². The number of rotatable bonds is 8. The Bertz CT molecular complexity index is 1360. The smallest absolute Gasteiger partial charge is 0.340 e. The second-order valence-electron chi connectivity index (χ2n) is 8.59. The summed E-state index contributed by atoms with van der Waals surface area (Å²) in [6.45, 7) is 8.09. The summed E-state index contributed by atoms with van der Waals surface area (Å²) < 4.78 is 5.31. The Morgan fingerprint density at radius 2 is 1.64 bits per heavy atom. The van der Waals surface area contributed by atoms with Crippen molar-refractivity contribution in [3.63, 3.8) is 0 Å². The van der Waals surface area contributed by atoms with E-state index in [0.29, 0.717) is 6.42 Å². The second kappa shape index (κ2) is 10.8. The molecule has 0 aromatic heterocycles. The number of thioether (sulfide) groups is 1. The molecule has 0 atom stereocenters. The van der Waals surface area contributed by atoms with Crippen molar-refractivity contribution in [3.05, 3.63) is 99.6 Å². The van der Waals surface area contributed by atoms with Gasteiger partial charge in [-0.3, -0.25) is 9.59 Å². The van der Waals surface area contributed by atoms with Gasteiger partial charge < -0.3 is 10.1 Å². The van der Waals surface area contributed by atoms with E-state index >= 15 is 0 Å². The maximum atomic E-state index is 13.8. The highest BCUT2D eigenvalue weighted by atomic mass is 32.2. The molecule has 0 spiro atoms. The van der Waals surface area contributed by atoms with Crippen LogP contribution in [0.3, 0.4) is 0 Å². The van der Waals surface area contributed by atoms with Crippen LogP contribution in [-0.4, -0.2) is 24.4 Å². The van der Waals surface area contributed by atoms with Crippen LogP contribution < -0.4 is 10.2 Å². The third kappa shape index (κ3) is 5.06. The van der Waals surface area contributed by atoms with E-state index in [-0.39, 0.29) is 28.5 Å². The molecule has 3 aromatic rings. The van der Waals surface area contributed by atoms with E-state index in [1.54, 1.807) is 24.3 Å². The lowest BCUT2D eigenvalue weighted by Gasteiger charge is -2.18. The molecule has 184 valence electrons. The minimum absolute atomic E-state index is 0.167. The maximum absolute atomic E-state index is 13.8. The van der Waals surface area contributed by atoms with Gasteiger partial charge in [-0.1, -0.05) is 60.6 Å². The molecule has 7 heteroatoms. The van der Waals surface area contributed by atoms with E-state index in [1.165, 1.54) is 11.8 Å². The lowest BCUT2D eigenvalue weighted by atomic mass is 10.1. The number of hydrogen-bond acceptors (Lipinski definition) is 6. The Hall–Kier alpha value is -3.84. The predicted molar refractivity (Wildman–Crippen MR) is 143 cm³/mol. The Morgan fingerprint density at radius 1 is 0.917 bits per heavy atom. The molecule has 0 aliphatic carbocycles. The average Bonchev–Trinajstić information content (AvgIpc) is 3.10. The van der Waals surface area contributed by atoms with Crippen molar-refractivity contribution in [2.24, 2.45) is 0 Å². The summed E-state index contributed by atoms with van der Waals surface area (Å²) in [6.07, 6.45) is 0.665. The minimum Gasteiger partial charge on any atom is -0.462 e. The predicted octanol–water partition coefficient (Wildman–Crippen LogP) is 6.17. The van der Waals surface area contributed by atoms with Crippen molar-refractivity contribution in [1.82, 2.24) is 0 Å². The highest BCUT2D eigenvalue weighted by Gasteiger charge is 2.42. The van der Waals surface area contributed by atoms with Crippen LogP contribution in [0.4, 0.5) is 11.4 Å². The highest BCUT2D eigenvalue weighted by molar-refractivity contribution is 8.04. The van der Waals surface area contributed by atoms with Crippen LogP contribution in [0.5, 0.6) is 0 Å². The summed E-state index contributed by atoms with van der Waals surface area (Å²) in [5.41, 5.74) is 4.42. The first-order valence-electron chi connectivity index (χ1n) is 11.8. The van der Waals surface area contributed by atoms with Crippen LogP contribution in [0.25, 0.3) is 0 Å². The number of amides is 2. The number of para-hydroxylation sites is 1. The van der Waals surface area contributed by atoms with Crippen LogP contribution in [0.2, 0.25) is 0 Å². The molecule has 0 fully saturated rings. The van der Waals surface area contributed by atoms with Gasteiger partial charge in [0.25, 0.3) is 11.8 Å². The lowest BCUT2D eigenvalue weighted by Crippen LogP contribution is -2.33. The zero-order chi connectivity index (χ0) is 25.8. The normalized spacial score (nSPS) is 13.4. The number of nitrogens with zero attached hydrogens (tertiary/aromatic N) is 1. The molecule has 1 N–H and O–H groups in total. The molecule has 0 saturated carbocycles. The fourth-order valence-electron chi connectivity index (χ4n) is 3.79. The molecule has 1 aliphatic heterocycles. The molecule has 0 bridgehead atoms. The molecular formula is C29H28N2O4S. The van der Waals surface area contributed by atoms with Gasteiger partial charge in [-0.05, 0) is 68.7 Å². The number of anilines is 2. The van der Waals surface area contributed by atoms with Gasteiger partial charge in [0.2, 0.25) is 0 Å². The van der Waals surface area contributed by atoms with Gasteiger partial charge in [-0.2, -0.15) is 0 Å². The van der Waals surface area contributed by atoms with Crippen LogP contribution in [-0.2, 0) is 14.3 Å². The molecule has 0 unspecified atom stereocenters. The SMILES string of the molecule is CCCOC(=O)c1ccccc1N1C(=O)C(Nc2cccc(C)c2C)=C(Sc2ccc(C)cc2)C1=O. The van der Waals surface area contributed by atoms with Crippen molar-refractivity contribution in [1.29, 1.82) is 0 Å². The van der Waals surface area contributed by atoms with E-state index in [4.69, 9.17) is 4.74 Å². The van der Waals surface area contributed by atoms with E-state index in [2.05, 4.69) is 5.32 Å². The topological polar surface area (TPSA) is 75.7 Å². The summed E-state index contributed by atoms with van der Waals surface area (Å²) in [5.74, 6) is -1.59. The third-order valence-electron chi connectivity index (χ3n) is 5.95. The maximum Gasteiger partial charge on any atom is 0.340 e. The molecule has 0 saturated heterocycles. The lowest BCUT2D eigenvalue weighted by molar-refractivity contribution is -0.120. The van der Waals surface area contributed by atoms with Crippen molar-refractivity contribution in [3.8, 4) is 0 Å². The van der Waals surface area contributed by atoms with E-state index in [9.17, 15) is 14.4 Å². The van der Waals surface area contributed by atoms with Crippen LogP contribution in [0.15, 0.2) is 82.2 Å². The minimum atomic E-state index is -0.572. The van der Waals surface area contributed by atoms with E-state index in [0.717, 1.165) is 32.2 Å². The zero-order valence-corrected chi connectivity index (χ0v) is 21.6. The van der Waals surface area contributed by atoms with Crippen LogP contribution in [0, 0.1) is 20.8 Å². The van der Waals surface area contributed by atoms with Gasteiger partial charge in [0, 0.05) is 10.6 Å². The van der Waals surface area contributed by atoms with Gasteiger partial charge in [-0.15, -0.1) is 0 Å². The molecule has 1 aliphatic rings. The molecule has 6 nitrogen and oxygen atoms in total. The second-order valence-corrected chi connectivity index (χ2v) is 9.67. The Kier molecular flexibility index (Phi) is 7.60. The number of esters is 1. The summed E-state index contributed by atoms with van der Waals surface area (Å²) in [5, 5.41) is 3.23. The summed E-state index contributed by atoms with van der Waals surface area (Å²) in [4.78, 5) is 42.4. The fourth-order valence-corrected chi connectivity index (χ4v) is 4.72. The molecule has 2 amide bonds. The largest absolute Gasteiger partial charge is 0.462 e. The number of imide groups is 1. The van der Waals surface area contributed by atoms with Gasteiger partial charge in [0.1, 0.15) is 10.6 Å². The van der Waals surface area contributed by atoms with Crippen LogP contribution >= 0.6 is 11.8 Å². The van der Waals surface area contributed by atoms with Crippen molar-refractivity contribution < 1.29 is 19.1 Å². The van der Waals surface area contributed by atoms with Crippen LogP contribution in [0.1, 0.15) is 40.4 Å². The van der Waals surface area contributed by atoms with E-state index < -0.39 is 17.8 Å². The summed E-state index contributed by atoms with van der Waals surface area (Å²) in [6, 6.07) is 20.0. The first kappa shape index (κ1) is 25.3. The first-order valence-corrected chi connectivity index (χ1v) is 12.6. The molecule has 4 rings (SSSR count). The summed E-state index contributed by atoms with van der Waals surface area (Å²) in [7, 11) is 0. The molecular weight excluding hydrogens is 472 g/mol. The standard InChI is InChI=1S/C29H28N2O4S/c1-5-17-35-29(34)22-10-6-7-12-24(22)31-27(32)25(30-23-11-8-9-19(3)20(23)4)26(28(31)33)36-21-15-13-18(2)14-16-21/h6-16,30H,5,17H2,1-4H3.